The molecule has 1 N–H and O–H groups in total. The summed E-state index contributed by atoms with van der Waals surface area (Å²) >= 11 is 0. The Morgan fingerprint density at radius 1 is 1.05 bits per heavy atom. The van der Waals surface area contributed by atoms with Crippen molar-refractivity contribution in [1.82, 2.24) is 13.9 Å². The number of nitrogens with zero attached hydrogens (tertiary/aromatic N) is 2. The molecule has 6 heteroatoms. The Morgan fingerprint density at radius 3 is 2.25 bits per heavy atom. The van der Waals surface area contributed by atoms with Crippen molar-refractivity contribution >= 4 is 10.2 Å². The van der Waals surface area contributed by atoms with Crippen LogP contribution in [0.5, 0.6) is 0 Å². The van der Waals surface area contributed by atoms with Gasteiger partial charge in [-0.1, -0.05) is 26.7 Å². The Balaban J connectivity index is 2.15. The second kappa shape index (κ2) is 7.20. The van der Waals surface area contributed by atoms with E-state index < -0.39 is 10.2 Å². The molecule has 20 heavy (non-hydrogen) atoms. The fraction of sp³-hybridized carbons (Fsp3) is 1.00. The molecule has 2 rings (SSSR count). The normalized spacial score (nSPS) is 31.1. The van der Waals surface area contributed by atoms with Crippen LogP contribution in [0.15, 0.2) is 0 Å². The predicted octanol–water partition coefficient (Wildman–Crippen LogP) is 1.57. The van der Waals surface area contributed by atoms with Crippen LogP contribution in [-0.4, -0.2) is 55.3 Å². The minimum absolute atomic E-state index is 0.103. The molecule has 5 nitrogen and oxygen atoms in total. The van der Waals surface area contributed by atoms with Gasteiger partial charge in [-0.25, -0.2) is 0 Å². The van der Waals surface area contributed by atoms with E-state index >= 15 is 0 Å². The number of rotatable bonds is 4. The van der Waals surface area contributed by atoms with Crippen LogP contribution >= 0.6 is 0 Å². The number of piperazine rings is 1. The van der Waals surface area contributed by atoms with Crippen molar-refractivity contribution in [2.24, 2.45) is 0 Å². The van der Waals surface area contributed by atoms with E-state index in [1.165, 1.54) is 0 Å². The van der Waals surface area contributed by atoms with E-state index in [4.69, 9.17) is 0 Å². The van der Waals surface area contributed by atoms with Gasteiger partial charge in [0.2, 0.25) is 0 Å². The second-order valence-electron chi connectivity index (χ2n) is 5.97. The van der Waals surface area contributed by atoms with Crippen molar-refractivity contribution in [2.45, 2.75) is 64.5 Å². The average molecular weight is 303 g/mol. The van der Waals surface area contributed by atoms with E-state index in [2.05, 4.69) is 19.2 Å². The predicted molar refractivity (Wildman–Crippen MR) is 81.8 cm³/mol. The molecule has 118 valence electrons. The minimum Gasteiger partial charge on any atom is -0.311 e. The van der Waals surface area contributed by atoms with E-state index in [-0.39, 0.29) is 6.04 Å². The Bertz CT molecular complexity index is 391. The molecular formula is C14H29N3O2S. The number of hydrogen-bond donors (Lipinski definition) is 1. The second-order valence-corrected chi connectivity index (χ2v) is 7.85. The van der Waals surface area contributed by atoms with E-state index in [0.717, 1.165) is 45.1 Å². The van der Waals surface area contributed by atoms with Gasteiger partial charge in [0.1, 0.15) is 0 Å². The number of nitrogens with one attached hydrogen (secondary N) is 1. The van der Waals surface area contributed by atoms with Crippen LogP contribution < -0.4 is 5.32 Å². The van der Waals surface area contributed by atoms with Gasteiger partial charge in [-0.05, 0) is 25.7 Å². The van der Waals surface area contributed by atoms with Crippen molar-refractivity contribution < 1.29 is 8.42 Å². The summed E-state index contributed by atoms with van der Waals surface area (Å²) in [6.07, 6.45) is 6.16. The van der Waals surface area contributed by atoms with Crippen molar-refractivity contribution in [3.8, 4) is 0 Å². The van der Waals surface area contributed by atoms with Crippen molar-refractivity contribution in [3.63, 3.8) is 0 Å². The van der Waals surface area contributed by atoms with Gasteiger partial charge in [-0.2, -0.15) is 17.0 Å². The van der Waals surface area contributed by atoms with Crippen molar-refractivity contribution in [1.29, 1.82) is 0 Å². The van der Waals surface area contributed by atoms with Gasteiger partial charge in [-0.15, -0.1) is 0 Å². The Kier molecular flexibility index (Phi) is 5.84. The van der Waals surface area contributed by atoms with Crippen LogP contribution in [0, 0.1) is 0 Å². The summed E-state index contributed by atoms with van der Waals surface area (Å²) in [6.45, 7) is 6.97. The highest BCUT2D eigenvalue weighted by atomic mass is 32.2. The van der Waals surface area contributed by atoms with Crippen molar-refractivity contribution in [2.75, 3.05) is 26.2 Å². The van der Waals surface area contributed by atoms with Crippen LogP contribution in [0.1, 0.15) is 52.4 Å². The Labute approximate surface area is 123 Å². The highest BCUT2D eigenvalue weighted by Crippen LogP contribution is 2.22. The third kappa shape index (κ3) is 3.53. The highest BCUT2D eigenvalue weighted by molar-refractivity contribution is 7.86. The molecule has 2 fully saturated rings. The maximum Gasteiger partial charge on any atom is 0.282 e. The summed E-state index contributed by atoms with van der Waals surface area (Å²) in [5.74, 6) is 0. The Morgan fingerprint density at radius 2 is 1.70 bits per heavy atom. The summed E-state index contributed by atoms with van der Waals surface area (Å²) in [5.41, 5.74) is 0. The Hall–Kier alpha value is -0.170. The SMILES string of the molecule is CCC1CN(S(=O)(=O)N2CCCCCC2)C(CC)CN1. The van der Waals surface area contributed by atoms with Crippen LogP contribution in [0.2, 0.25) is 0 Å². The van der Waals surface area contributed by atoms with Gasteiger partial charge >= 0.3 is 0 Å². The summed E-state index contributed by atoms with van der Waals surface area (Å²) in [4.78, 5) is 0. The monoisotopic (exact) mass is 303 g/mol. The molecule has 0 radical (unpaired) electrons. The molecular weight excluding hydrogens is 274 g/mol. The first-order valence-electron chi connectivity index (χ1n) is 8.09. The van der Waals surface area contributed by atoms with Crippen LogP contribution in [-0.2, 0) is 10.2 Å². The standard InChI is InChI=1S/C14H29N3O2S/c1-3-13-12-17(14(4-2)11-15-13)20(18,19)16-9-7-5-6-8-10-16/h13-15H,3-12H2,1-2H3. The highest BCUT2D eigenvalue weighted by Gasteiger charge is 2.38. The molecule has 2 atom stereocenters. The zero-order valence-corrected chi connectivity index (χ0v) is 13.7. The lowest BCUT2D eigenvalue weighted by atomic mass is 10.1. The molecule has 2 saturated heterocycles. The lowest BCUT2D eigenvalue weighted by molar-refractivity contribution is 0.201. The van der Waals surface area contributed by atoms with Crippen LogP contribution in [0.4, 0.5) is 0 Å². The first kappa shape index (κ1) is 16.2. The zero-order valence-electron chi connectivity index (χ0n) is 12.8. The first-order valence-corrected chi connectivity index (χ1v) is 9.49. The van der Waals surface area contributed by atoms with Gasteiger partial charge < -0.3 is 5.32 Å². The molecule has 0 saturated carbocycles. The van der Waals surface area contributed by atoms with E-state index in [9.17, 15) is 8.42 Å². The molecule has 0 aromatic rings. The average Bonchev–Trinajstić information content (AvgIpc) is 2.76. The molecule has 0 aliphatic carbocycles. The fourth-order valence-electron chi connectivity index (χ4n) is 3.16. The number of hydrogen-bond acceptors (Lipinski definition) is 3. The minimum atomic E-state index is -3.29. The van der Waals surface area contributed by atoms with Crippen molar-refractivity contribution in [3.05, 3.63) is 0 Å². The maximum absolute atomic E-state index is 12.9. The first-order chi connectivity index (χ1) is 9.59. The lowest BCUT2D eigenvalue weighted by Crippen LogP contribution is -2.60. The molecule has 2 unspecified atom stereocenters. The molecule has 2 heterocycles. The topological polar surface area (TPSA) is 52.7 Å². The largest absolute Gasteiger partial charge is 0.311 e. The molecule has 0 aromatic carbocycles. The van der Waals surface area contributed by atoms with Gasteiger partial charge in [0.05, 0.1) is 0 Å². The molecule has 2 aliphatic heterocycles. The van der Waals surface area contributed by atoms with Gasteiger partial charge in [0.25, 0.3) is 10.2 Å². The third-order valence-electron chi connectivity index (χ3n) is 4.60. The zero-order chi connectivity index (χ0) is 14.6. The molecule has 0 aromatic heterocycles. The molecule has 0 amide bonds. The van der Waals surface area contributed by atoms with E-state index in [1.54, 1.807) is 8.61 Å². The lowest BCUT2D eigenvalue weighted by Gasteiger charge is -2.41. The van der Waals surface area contributed by atoms with E-state index in [1.807, 2.05) is 0 Å². The maximum atomic E-state index is 12.9. The summed E-state index contributed by atoms with van der Waals surface area (Å²) < 4.78 is 29.4. The molecule has 0 bridgehead atoms. The van der Waals surface area contributed by atoms with Gasteiger partial charge in [-0.3, -0.25) is 0 Å². The molecule has 2 aliphatic rings. The molecule has 0 spiro atoms. The van der Waals surface area contributed by atoms with Crippen LogP contribution in [0.25, 0.3) is 0 Å². The quantitative estimate of drug-likeness (QED) is 0.858. The van der Waals surface area contributed by atoms with Crippen LogP contribution in [0.3, 0.4) is 0 Å². The van der Waals surface area contributed by atoms with Gasteiger partial charge in [0.15, 0.2) is 0 Å². The third-order valence-corrected chi connectivity index (χ3v) is 6.66. The summed E-state index contributed by atoms with van der Waals surface area (Å²) in [6, 6.07) is 0.394. The summed E-state index contributed by atoms with van der Waals surface area (Å²) in [5, 5.41) is 3.46. The van der Waals surface area contributed by atoms with Gasteiger partial charge in [0, 0.05) is 38.3 Å². The van der Waals surface area contributed by atoms with E-state index in [0.29, 0.717) is 25.7 Å². The summed E-state index contributed by atoms with van der Waals surface area (Å²) in [7, 11) is -3.29. The smallest absolute Gasteiger partial charge is 0.282 e. The fourth-order valence-corrected chi connectivity index (χ4v) is 5.15.